The van der Waals surface area contributed by atoms with Crippen LogP contribution in [0, 0.1) is 13.8 Å². The lowest BCUT2D eigenvalue weighted by Gasteiger charge is -2.36. The van der Waals surface area contributed by atoms with Gasteiger partial charge in [-0.15, -0.1) is 0 Å². The number of benzene rings is 4. The number of aryl methyl sites for hydroxylation is 2. The first-order valence-electron chi connectivity index (χ1n) is 10.7. The van der Waals surface area contributed by atoms with Gasteiger partial charge in [0.15, 0.2) is 5.60 Å². The summed E-state index contributed by atoms with van der Waals surface area (Å²) in [6.45, 7) is 4.33. The molecule has 0 N–H and O–H groups in total. The summed E-state index contributed by atoms with van der Waals surface area (Å²) in [6.07, 6.45) is 4.45. The monoisotopic (exact) mass is 405 g/mol. The van der Waals surface area contributed by atoms with E-state index >= 15 is 0 Å². The SMILES string of the molecule is Cc1cc2ccc3c(c2cc1C)C=CC(c1ccccc1)(c1ccc(N(C)C)cc1)O3. The van der Waals surface area contributed by atoms with Crippen LogP contribution in [0.25, 0.3) is 16.8 Å². The third-order valence-corrected chi connectivity index (χ3v) is 6.41. The van der Waals surface area contributed by atoms with Crippen molar-refractivity contribution in [2.75, 3.05) is 19.0 Å². The highest BCUT2D eigenvalue weighted by molar-refractivity contribution is 5.95. The van der Waals surface area contributed by atoms with Crippen LogP contribution in [-0.4, -0.2) is 14.1 Å². The predicted molar refractivity (Wildman–Crippen MR) is 131 cm³/mol. The summed E-state index contributed by atoms with van der Waals surface area (Å²) in [6, 6.07) is 28.0. The van der Waals surface area contributed by atoms with Crippen molar-refractivity contribution < 1.29 is 4.74 Å². The Morgan fingerprint density at radius 1 is 0.742 bits per heavy atom. The van der Waals surface area contributed by atoms with E-state index in [9.17, 15) is 0 Å². The largest absolute Gasteiger partial charge is 0.473 e. The molecular weight excluding hydrogens is 378 g/mol. The Labute approximate surface area is 184 Å². The van der Waals surface area contributed by atoms with Crippen LogP contribution in [-0.2, 0) is 5.60 Å². The zero-order valence-electron chi connectivity index (χ0n) is 18.5. The summed E-state index contributed by atoms with van der Waals surface area (Å²) < 4.78 is 6.87. The van der Waals surface area contributed by atoms with E-state index in [2.05, 4.69) is 118 Å². The molecule has 1 atom stereocenters. The van der Waals surface area contributed by atoms with Crippen LogP contribution in [0.1, 0.15) is 27.8 Å². The average molecular weight is 406 g/mol. The molecule has 0 saturated carbocycles. The molecule has 1 aliphatic heterocycles. The Balaban J connectivity index is 1.70. The lowest BCUT2D eigenvalue weighted by molar-refractivity contribution is 0.161. The molecule has 1 heterocycles. The number of fused-ring (bicyclic) bond motifs is 3. The van der Waals surface area contributed by atoms with Crippen molar-refractivity contribution in [1.82, 2.24) is 0 Å². The van der Waals surface area contributed by atoms with Crippen molar-refractivity contribution >= 4 is 22.5 Å². The van der Waals surface area contributed by atoms with Crippen LogP contribution in [0.2, 0.25) is 0 Å². The Hall–Kier alpha value is -3.52. The van der Waals surface area contributed by atoms with Crippen LogP contribution < -0.4 is 9.64 Å². The van der Waals surface area contributed by atoms with Crippen molar-refractivity contribution in [1.29, 1.82) is 0 Å². The van der Waals surface area contributed by atoms with Crippen molar-refractivity contribution in [3.63, 3.8) is 0 Å². The second-order valence-corrected chi connectivity index (χ2v) is 8.61. The summed E-state index contributed by atoms with van der Waals surface area (Å²) in [4.78, 5) is 2.11. The van der Waals surface area contributed by atoms with Gasteiger partial charge in [0.2, 0.25) is 0 Å². The molecule has 1 aliphatic rings. The van der Waals surface area contributed by atoms with E-state index in [1.807, 2.05) is 6.07 Å². The van der Waals surface area contributed by atoms with Crippen molar-refractivity contribution in [2.45, 2.75) is 19.4 Å². The van der Waals surface area contributed by atoms with E-state index in [1.165, 1.54) is 27.6 Å². The second-order valence-electron chi connectivity index (χ2n) is 8.61. The van der Waals surface area contributed by atoms with Gasteiger partial charge in [0.05, 0.1) is 0 Å². The molecule has 0 saturated heterocycles. The van der Waals surface area contributed by atoms with E-state index in [0.29, 0.717) is 0 Å². The van der Waals surface area contributed by atoms with E-state index < -0.39 is 5.60 Å². The van der Waals surface area contributed by atoms with Gasteiger partial charge in [-0.3, -0.25) is 0 Å². The molecule has 0 bridgehead atoms. The summed E-state index contributed by atoms with van der Waals surface area (Å²) in [7, 11) is 4.12. The molecule has 0 spiro atoms. The van der Waals surface area contributed by atoms with Crippen LogP contribution >= 0.6 is 0 Å². The molecule has 5 rings (SSSR count). The molecule has 2 heteroatoms. The third-order valence-electron chi connectivity index (χ3n) is 6.41. The van der Waals surface area contributed by atoms with Crippen LogP contribution in [0.3, 0.4) is 0 Å². The molecular formula is C29H27NO. The Morgan fingerprint density at radius 3 is 2.13 bits per heavy atom. The van der Waals surface area contributed by atoms with Crippen molar-refractivity contribution in [2.24, 2.45) is 0 Å². The van der Waals surface area contributed by atoms with Gasteiger partial charge in [0.25, 0.3) is 0 Å². The van der Waals surface area contributed by atoms with Crippen molar-refractivity contribution in [3.05, 3.63) is 113 Å². The molecule has 0 aliphatic carbocycles. The average Bonchev–Trinajstić information content (AvgIpc) is 2.80. The molecule has 0 fully saturated rings. The lowest BCUT2D eigenvalue weighted by Crippen LogP contribution is -2.34. The molecule has 154 valence electrons. The van der Waals surface area contributed by atoms with Crippen LogP contribution in [0.5, 0.6) is 5.75 Å². The van der Waals surface area contributed by atoms with Gasteiger partial charge in [-0.05, 0) is 66.1 Å². The molecule has 0 amide bonds. The fourth-order valence-electron chi connectivity index (χ4n) is 4.44. The predicted octanol–water partition coefficient (Wildman–Crippen LogP) is 6.87. The quantitative estimate of drug-likeness (QED) is 0.369. The summed E-state index contributed by atoms with van der Waals surface area (Å²) in [5.41, 5.74) is 6.51. The summed E-state index contributed by atoms with van der Waals surface area (Å²) >= 11 is 0. The Kier molecular flexibility index (Phi) is 4.59. The Morgan fingerprint density at radius 2 is 1.42 bits per heavy atom. The summed E-state index contributed by atoms with van der Waals surface area (Å²) in [5, 5.41) is 2.49. The number of rotatable bonds is 3. The molecule has 4 aromatic carbocycles. The lowest BCUT2D eigenvalue weighted by atomic mass is 9.83. The highest BCUT2D eigenvalue weighted by atomic mass is 16.5. The van der Waals surface area contributed by atoms with Crippen LogP contribution in [0.15, 0.2) is 84.9 Å². The van der Waals surface area contributed by atoms with Gasteiger partial charge in [-0.2, -0.15) is 0 Å². The normalized spacial score (nSPS) is 17.3. The second kappa shape index (κ2) is 7.31. The van der Waals surface area contributed by atoms with E-state index in [-0.39, 0.29) is 0 Å². The maximum Gasteiger partial charge on any atom is 0.178 e. The maximum absolute atomic E-state index is 6.87. The van der Waals surface area contributed by atoms with Gasteiger partial charge in [-0.25, -0.2) is 0 Å². The third kappa shape index (κ3) is 3.19. The highest BCUT2D eigenvalue weighted by Crippen LogP contribution is 2.44. The van der Waals surface area contributed by atoms with Gasteiger partial charge in [0.1, 0.15) is 5.75 Å². The zero-order valence-corrected chi connectivity index (χ0v) is 18.5. The fourth-order valence-corrected chi connectivity index (χ4v) is 4.44. The number of hydrogen-bond acceptors (Lipinski definition) is 2. The van der Waals surface area contributed by atoms with Gasteiger partial charge >= 0.3 is 0 Å². The minimum absolute atomic E-state index is 0.660. The first kappa shape index (κ1) is 19.4. The van der Waals surface area contributed by atoms with Crippen LogP contribution in [0.4, 0.5) is 5.69 Å². The standard InChI is InChI=1S/C29H27NO/c1-20-18-22-10-15-28-26(27(22)19-21(20)2)16-17-29(31-28,23-8-6-5-7-9-23)24-11-13-25(14-12-24)30(3)4/h5-19H,1-4H3. The zero-order chi connectivity index (χ0) is 21.6. The Bertz CT molecular complexity index is 1290. The highest BCUT2D eigenvalue weighted by Gasteiger charge is 2.37. The molecule has 1 unspecified atom stereocenters. The fraction of sp³-hybridized carbons (Fsp3) is 0.172. The molecule has 31 heavy (non-hydrogen) atoms. The minimum atomic E-state index is -0.660. The van der Waals surface area contributed by atoms with E-state index in [0.717, 1.165) is 22.4 Å². The molecule has 0 radical (unpaired) electrons. The smallest absolute Gasteiger partial charge is 0.178 e. The van der Waals surface area contributed by atoms with E-state index in [1.54, 1.807) is 0 Å². The topological polar surface area (TPSA) is 12.5 Å². The minimum Gasteiger partial charge on any atom is -0.473 e. The first-order valence-corrected chi connectivity index (χ1v) is 10.7. The number of nitrogens with zero attached hydrogens (tertiary/aromatic N) is 1. The van der Waals surface area contributed by atoms with Gasteiger partial charge < -0.3 is 9.64 Å². The first-order chi connectivity index (χ1) is 15.0. The molecule has 0 aromatic heterocycles. The van der Waals surface area contributed by atoms with Gasteiger partial charge in [0, 0.05) is 36.5 Å². The number of ether oxygens (including phenoxy) is 1. The number of hydrogen-bond donors (Lipinski definition) is 0. The maximum atomic E-state index is 6.87. The van der Waals surface area contributed by atoms with Gasteiger partial charge in [-0.1, -0.05) is 60.7 Å². The van der Waals surface area contributed by atoms with E-state index in [4.69, 9.17) is 4.74 Å². The summed E-state index contributed by atoms with van der Waals surface area (Å²) in [5.74, 6) is 0.916. The molecule has 4 aromatic rings. The molecule has 2 nitrogen and oxygen atoms in total. The number of anilines is 1. The van der Waals surface area contributed by atoms with Crippen molar-refractivity contribution in [3.8, 4) is 5.75 Å².